The number of ether oxygens (including phenoxy) is 2. The Morgan fingerprint density at radius 2 is 1.81 bits per heavy atom. The Morgan fingerprint density at radius 3 is 2.55 bits per heavy atom. The van der Waals surface area contributed by atoms with Crippen LogP contribution in [0.5, 0.6) is 5.75 Å². The van der Waals surface area contributed by atoms with Crippen molar-refractivity contribution in [2.24, 2.45) is 5.10 Å². The lowest BCUT2D eigenvalue weighted by atomic mass is 10.1. The lowest BCUT2D eigenvalue weighted by molar-refractivity contribution is -0.123. The summed E-state index contributed by atoms with van der Waals surface area (Å²) in [6.45, 7) is 5.78. The van der Waals surface area contributed by atoms with Gasteiger partial charge in [0, 0.05) is 5.56 Å². The SMILES string of the molecule is CCOC(=O)c1cccc(-c2ccc(/C=N\NC(=O)COc3c(C)cccc3C)o2)c1. The molecule has 7 heteroatoms. The van der Waals surface area contributed by atoms with Gasteiger partial charge in [0.05, 0.1) is 18.4 Å². The molecule has 1 N–H and O–H groups in total. The molecule has 2 aromatic carbocycles. The summed E-state index contributed by atoms with van der Waals surface area (Å²) < 4.78 is 16.3. The van der Waals surface area contributed by atoms with Crippen molar-refractivity contribution in [3.8, 4) is 17.1 Å². The van der Waals surface area contributed by atoms with Crippen LogP contribution in [0.15, 0.2) is 64.1 Å². The van der Waals surface area contributed by atoms with E-state index in [1.165, 1.54) is 6.21 Å². The number of amides is 1. The van der Waals surface area contributed by atoms with E-state index in [9.17, 15) is 9.59 Å². The first kappa shape index (κ1) is 21.8. The van der Waals surface area contributed by atoms with Crippen molar-refractivity contribution in [3.63, 3.8) is 0 Å². The van der Waals surface area contributed by atoms with Crippen LogP contribution in [0.25, 0.3) is 11.3 Å². The molecule has 3 aromatic rings. The summed E-state index contributed by atoms with van der Waals surface area (Å²) in [5.41, 5.74) is 5.52. The van der Waals surface area contributed by atoms with E-state index in [1.807, 2.05) is 38.1 Å². The predicted octanol–water partition coefficient (Wildman–Crippen LogP) is 4.27. The Hall–Kier alpha value is -3.87. The summed E-state index contributed by atoms with van der Waals surface area (Å²) in [6.07, 6.45) is 1.40. The molecule has 0 atom stereocenters. The highest BCUT2D eigenvalue weighted by Gasteiger charge is 2.10. The third kappa shape index (κ3) is 5.82. The number of hydrazone groups is 1. The summed E-state index contributed by atoms with van der Waals surface area (Å²) >= 11 is 0. The fourth-order valence-electron chi connectivity index (χ4n) is 2.96. The number of hydrogen-bond donors (Lipinski definition) is 1. The molecule has 160 valence electrons. The van der Waals surface area contributed by atoms with Gasteiger partial charge in [-0.25, -0.2) is 10.2 Å². The minimum absolute atomic E-state index is 0.146. The Kier molecular flexibility index (Phi) is 7.22. The van der Waals surface area contributed by atoms with Crippen molar-refractivity contribution < 1.29 is 23.5 Å². The van der Waals surface area contributed by atoms with E-state index in [0.29, 0.717) is 29.4 Å². The van der Waals surface area contributed by atoms with E-state index in [-0.39, 0.29) is 18.5 Å². The van der Waals surface area contributed by atoms with Crippen LogP contribution in [0.1, 0.15) is 34.2 Å². The highest BCUT2D eigenvalue weighted by Crippen LogP contribution is 2.23. The number of carbonyl (C=O) groups excluding carboxylic acids is 2. The zero-order valence-corrected chi connectivity index (χ0v) is 17.7. The quantitative estimate of drug-likeness (QED) is 0.334. The van der Waals surface area contributed by atoms with Gasteiger partial charge in [0.15, 0.2) is 6.61 Å². The number of para-hydroxylation sites is 1. The first-order valence-corrected chi connectivity index (χ1v) is 9.86. The lowest BCUT2D eigenvalue weighted by Crippen LogP contribution is -2.24. The summed E-state index contributed by atoms with van der Waals surface area (Å²) in [6, 6.07) is 16.2. The van der Waals surface area contributed by atoms with Gasteiger partial charge in [-0.1, -0.05) is 30.3 Å². The normalized spacial score (nSPS) is 10.8. The number of nitrogens with zero attached hydrogens (tertiary/aromatic N) is 1. The number of hydrogen-bond acceptors (Lipinski definition) is 6. The van der Waals surface area contributed by atoms with E-state index in [2.05, 4.69) is 10.5 Å². The van der Waals surface area contributed by atoms with E-state index < -0.39 is 0 Å². The molecule has 0 bridgehead atoms. The van der Waals surface area contributed by atoms with Crippen LogP contribution in [0.2, 0.25) is 0 Å². The molecular formula is C24H24N2O5. The minimum Gasteiger partial charge on any atom is -0.483 e. The minimum atomic E-state index is -0.386. The summed E-state index contributed by atoms with van der Waals surface area (Å²) in [5, 5.41) is 3.90. The third-order valence-electron chi connectivity index (χ3n) is 4.42. The number of esters is 1. The van der Waals surface area contributed by atoms with Crippen LogP contribution in [0, 0.1) is 13.8 Å². The number of aryl methyl sites for hydroxylation is 2. The standard InChI is InChI=1S/C24H24N2O5/c1-4-29-24(28)19-10-6-9-18(13-19)21-12-11-20(31-21)14-25-26-22(27)15-30-23-16(2)7-5-8-17(23)3/h5-14H,4,15H2,1-3H3,(H,26,27)/b25-14-. The average Bonchev–Trinajstić information content (AvgIpc) is 3.23. The molecule has 0 fully saturated rings. The molecule has 31 heavy (non-hydrogen) atoms. The van der Waals surface area contributed by atoms with Gasteiger partial charge in [-0.3, -0.25) is 4.79 Å². The maximum atomic E-state index is 12.0. The molecular weight excluding hydrogens is 396 g/mol. The fourth-order valence-corrected chi connectivity index (χ4v) is 2.96. The van der Waals surface area contributed by atoms with E-state index in [0.717, 1.165) is 16.7 Å². The van der Waals surface area contributed by atoms with Gasteiger partial charge >= 0.3 is 5.97 Å². The van der Waals surface area contributed by atoms with Crippen LogP contribution < -0.4 is 10.2 Å². The summed E-state index contributed by atoms with van der Waals surface area (Å²) in [5.74, 6) is 0.948. The summed E-state index contributed by atoms with van der Waals surface area (Å²) in [4.78, 5) is 23.9. The Balaban J connectivity index is 1.57. The molecule has 0 saturated carbocycles. The van der Waals surface area contributed by atoms with Crippen molar-refractivity contribution in [1.29, 1.82) is 0 Å². The van der Waals surface area contributed by atoms with Gasteiger partial charge in [-0.15, -0.1) is 0 Å². The molecule has 0 radical (unpaired) electrons. The second kappa shape index (κ2) is 10.2. The Labute approximate surface area is 180 Å². The Morgan fingerprint density at radius 1 is 1.06 bits per heavy atom. The van der Waals surface area contributed by atoms with Crippen LogP contribution in [0.4, 0.5) is 0 Å². The van der Waals surface area contributed by atoms with Crippen molar-refractivity contribution >= 4 is 18.1 Å². The predicted molar refractivity (Wildman–Crippen MR) is 117 cm³/mol. The number of carbonyl (C=O) groups is 2. The molecule has 0 aliphatic rings. The van der Waals surface area contributed by atoms with Crippen molar-refractivity contribution in [3.05, 3.63) is 77.0 Å². The molecule has 7 nitrogen and oxygen atoms in total. The average molecular weight is 420 g/mol. The molecule has 3 rings (SSSR count). The third-order valence-corrected chi connectivity index (χ3v) is 4.42. The molecule has 0 aliphatic carbocycles. The van der Waals surface area contributed by atoms with Gasteiger partial charge in [-0.05, 0) is 56.2 Å². The van der Waals surface area contributed by atoms with Gasteiger partial charge in [0.2, 0.25) is 0 Å². The van der Waals surface area contributed by atoms with Crippen molar-refractivity contribution in [1.82, 2.24) is 5.43 Å². The number of furan rings is 1. The van der Waals surface area contributed by atoms with E-state index >= 15 is 0 Å². The largest absolute Gasteiger partial charge is 0.483 e. The monoisotopic (exact) mass is 420 g/mol. The number of benzene rings is 2. The molecule has 0 spiro atoms. The molecule has 1 amide bonds. The van der Waals surface area contributed by atoms with E-state index in [1.54, 1.807) is 37.3 Å². The molecule has 0 aliphatic heterocycles. The molecule has 0 unspecified atom stereocenters. The first-order chi connectivity index (χ1) is 15.0. The summed E-state index contributed by atoms with van der Waals surface area (Å²) in [7, 11) is 0. The van der Waals surface area contributed by atoms with Crippen LogP contribution >= 0.6 is 0 Å². The van der Waals surface area contributed by atoms with Gasteiger partial charge < -0.3 is 13.9 Å². The highest BCUT2D eigenvalue weighted by atomic mass is 16.5. The molecule has 1 aromatic heterocycles. The lowest BCUT2D eigenvalue weighted by Gasteiger charge is -2.10. The van der Waals surface area contributed by atoms with Crippen LogP contribution in [-0.2, 0) is 9.53 Å². The topological polar surface area (TPSA) is 90.1 Å². The zero-order valence-electron chi connectivity index (χ0n) is 17.7. The molecule has 1 heterocycles. The van der Waals surface area contributed by atoms with Crippen LogP contribution in [0.3, 0.4) is 0 Å². The smallest absolute Gasteiger partial charge is 0.338 e. The highest BCUT2D eigenvalue weighted by molar-refractivity contribution is 5.91. The maximum absolute atomic E-state index is 12.0. The maximum Gasteiger partial charge on any atom is 0.338 e. The Bertz CT molecular complexity index is 1080. The second-order valence-electron chi connectivity index (χ2n) is 6.81. The zero-order chi connectivity index (χ0) is 22.2. The van der Waals surface area contributed by atoms with Gasteiger partial charge in [-0.2, -0.15) is 5.10 Å². The first-order valence-electron chi connectivity index (χ1n) is 9.86. The fraction of sp³-hybridized carbons (Fsp3) is 0.208. The number of rotatable bonds is 8. The van der Waals surface area contributed by atoms with Gasteiger partial charge in [0.1, 0.15) is 17.3 Å². The van der Waals surface area contributed by atoms with E-state index in [4.69, 9.17) is 13.9 Å². The second-order valence-corrected chi connectivity index (χ2v) is 6.81. The number of nitrogens with one attached hydrogen (secondary N) is 1. The van der Waals surface area contributed by atoms with Crippen molar-refractivity contribution in [2.45, 2.75) is 20.8 Å². The van der Waals surface area contributed by atoms with Crippen LogP contribution in [-0.4, -0.2) is 31.3 Å². The van der Waals surface area contributed by atoms with Gasteiger partial charge in [0.25, 0.3) is 5.91 Å². The molecule has 0 saturated heterocycles. The van der Waals surface area contributed by atoms with Crippen molar-refractivity contribution in [2.75, 3.05) is 13.2 Å².